The highest BCUT2D eigenvalue weighted by atomic mass is 16.5. The molecule has 174 valence electrons. The summed E-state index contributed by atoms with van der Waals surface area (Å²) in [5.41, 5.74) is 16.0. The number of hydrogen-bond donors (Lipinski definition) is 3. The molecule has 0 bridgehead atoms. The Bertz CT molecular complexity index is 1180. The molecule has 0 radical (unpaired) electrons. The van der Waals surface area contributed by atoms with E-state index in [1.807, 2.05) is 30.3 Å². The summed E-state index contributed by atoms with van der Waals surface area (Å²) >= 11 is 0. The number of aliphatic carboxylic acids is 1. The molecule has 0 aliphatic heterocycles. The molecule has 3 aromatic rings. The number of nitrogen functional groups attached to an aromatic ring is 2. The highest BCUT2D eigenvalue weighted by Gasteiger charge is 2.08. The number of nitrogens with two attached hydrogens (primary N) is 2. The number of nitriles is 1. The zero-order valence-electron chi connectivity index (χ0n) is 18.7. The Labute approximate surface area is 198 Å². The maximum atomic E-state index is 11.3. The number of allylic oxidation sites excluding steroid dienone is 1. The van der Waals surface area contributed by atoms with Crippen molar-refractivity contribution in [3.8, 4) is 17.6 Å². The lowest BCUT2D eigenvalue weighted by Crippen LogP contribution is -2.05. The number of nitrogens with zero attached hydrogens (tertiary/aromatic N) is 1. The Morgan fingerprint density at radius 3 is 2.12 bits per heavy atom. The second kappa shape index (κ2) is 12.0. The van der Waals surface area contributed by atoms with E-state index in [1.165, 1.54) is 6.08 Å². The number of rotatable bonds is 11. The molecule has 34 heavy (non-hydrogen) atoms. The van der Waals surface area contributed by atoms with Gasteiger partial charge in [0.1, 0.15) is 11.5 Å². The van der Waals surface area contributed by atoms with Crippen LogP contribution in [0.25, 0.3) is 5.57 Å². The van der Waals surface area contributed by atoms with E-state index in [0.29, 0.717) is 66.5 Å². The molecule has 0 atom stereocenters. The summed E-state index contributed by atoms with van der Waals surface area (Å²) in [6.07, 6.45) is 3.04. The van der Waals surface area contributed by atoms with Crippen molar-refractivity contribution < 1.29 is 19.4 Å². The molecule has 0 aliphatic rings. The Hall–Kier alpha value is -4.44. The van der Waals surface area contributed by atoms with Gasteiger partial charge in [0.15, 0.2) is 0 Å². The van der Waals surface area contributed by atoms with E-state index < -0.39 is 5.97 Å². The fourth-order valence-corrected chi connectivity index (χ4v) is 3.39. The van der Waals surface area contributed by atoms with Gasteiger partial charge < -0.3 is 26.0 Å². The van der Waals surface area contributed by atoms with Gasteiger partial charge >= 0.3 is 5.97 Å². The number of aryl methyl sites for hydroxylation is 1. The first-order valence-electron chi connectivity index (χ1n) is 10.9. The third-order valence-electron chi connectivity index (χ3n) is 5.17. The summed E-state index contributed by atoms with van der Waals surface area (Å²) in [6, 6.07) is 21.7. The summed E-state index contributed by atoms with van der Waals surface area (Å²) in [4.78, 5) is 11.3. The lowest BCUT2D eigenvalue weighted by molar-refractivity contribution is -0.131. The third kappa shape index (κ3) is 7.31. The minimum absolute atomic E-state index is 0.476. The smallest absolute Gasteiger partial charge is 0.328 e. The number of carboxylic acid groups (broad SMARTS) is 1. The first-order valence-corrected chi connectivity index (χ1v) is 10.9. The Morgan fingerprint density at radius 1 is 0.941 bits per heavy atom. The van der Waals surface area contributed by atoms with Crippen molar-refractivity contribution in [2.24, 2.45) is 0 Å². The van der Waals surface area contributed by atoms with Crippen LogP contribution in [-0.4, -0.2) is 24.3 Å². The van der Waals surface area contributed by atoms with E-state index in [4.69, 9.17) is 26.2 Å². The predicted octanol–water partition coefficient (Wildman–Crippen LogP) is 4.67. The van der Waals surface area contributed by atoms with Gasteiger partial charge in [-0.25, -0.2) is 4.79 Å². The fraction of sp³-hybridized carbons (Fsp3) is 0.185. The summed E-state index contributed by atoms with van der Waals surface area (Å²) < 4.78 is 11.4. The average molecular weight is 458 g/mol. The molecular formula is C27H27N3O4. The molecular weight excluding hydrogens is 430 g/mol. The molecule has 0 aliphatic carbocycles. The van der Waals surface area contributed by atoms with Crippen LogP contribution in [0.15, 0.2) is 72.8 Å². The van der Waals surface area contributed by atoms with E-state index in [0.717, 1.165) is 11.1 Å². The maximum Gasteiger partial charge on any atom is 0.328 e. The standard InChI is InChI=1S/C27H27N3O4/c28-18-19-2-10-24(11-3-19)33-14-1-15-34-25-12-7-20(8-13-25)22(16-27(31)32)5-4-21-6-9-23(29)17-26(21)30/h2-3,6-13,16-17H,1,4-5,14-15,29-30H2,(H,31,32)/b22-16+. The third-order valence-corrected chi connectivity index (χ3v) is 5.17. The van der Waals surface area contributed by atoms with Gasteiger partial charge in [0, 0.05) is 23.9 Å². The second-order valence-corrected chi connectivity index (χ2v) is 7.68. The van der Waals surface area contributed by atoms with Crippen LogP contribution in [0.5, 0.6) is 11.5 Å². The Kier molecular flexibility index (Phi) is 8.53. The fourth-order valence-electron chi connectivity index (χ4n) is 3.39. The first-order chi connectivity index (χ1) is 16.4. The quantitative estimate of drug-likeness (QED) is 0.216. The Balaban J connectivity index is 1.50. The number of carboxylic acids is 1. The topological polar surface area (TPSA) is 132 Å². The second-order valence-electron chi connectivity index (χ2n) is 7.68. The van der Waals surface area contributed by atoms with Gasteiger partial charge in [0.05, 0.1) is 24.8 Å². The van der Waals surface area contributed by atoms with E-state index in [1.54, 1.807) is 36.4 Å². The van der Waals surface area contributed by atoms with E-state index >= 15 is 0 Å². The van der Waals surface area contributed by atoms with Crippen LogP contribution in [0.2, 0.25) is 0 Å². The number of hydrogen-bond acceptors (Lipinski definition) is 6. The van der Waals surface area contributed by atoms with E-state index in [9.17, 15) is 9.90 Å². The van der Waals surface area contributed by atoms with E-state index in [-0.39, 0.29) is 0 Å². The van der Waals surface area contributed by atoms with Crippen molar-refractivity contribution in [1.82, 2.24) is 0 Å². The van der Waals surface area contributed by atoms with Crippen molar-refractivity contribution in [2.45, 2.75) is 19.3 Å². The number of benzene rings is 3. The molecule has 0 spiro atoms. The van der Waals surface area contributed by atoms with Crippen LogP contribution in [0.3, 0.4) is 0 Å². The molecule has 7 nitrogen and oxygen atoms in total. The zero-order chi connectivity index (χ0) is 24.3. The zero-order valence-corrected chi connectivity index (χ0v) is 18.7. The van der Waals surface area contributed by atoms with Crippen LogP contribution in [-0.2, 0) is 11.2 Å². The molecule has 0 saturated carbocycles. The van der Waals surface area contributed by atoms with Gasteiger partial charge in [-0.15, -0.1) is 0 Å². The molecule has 0 heterocycles. The molecule has 7 heteroatoms. The van der Waals surface area contributed by atoms with Crippen molar-refractivity contribution >= 4 is 22.9 Å². The Morgan fingerprint density at radius 2 is 1.56 bits per heavy atom. The van der Waals surface area contributed by atoms with Crippen LogP contribution < -0.4 is 20.9 Å². The molecule has 3 rings (SSSR count). The molecule has 3 aromatic carbocycles. The van der Waals surface area contributed by atoms with Gasteiger partial charge in [-0.3, -0.25) is 0 Å². The summed E-state index contributed by atoms with van der Waals surface area (Å²) in [5, 5.41) is 18.1. The number of carbonyl (C=O) groups is 1. The highest BCUT2D eigenvalue weighted by molar-refractivity contribution is 5.90. The largest absolute Gasteiger partial charge is 0.493 e. The van der Waals surface area contributed by atoms with E-state index in [2.05, 4.69) is 6.07 Å². The molecule has 5 N–H and O–H groups in total. The van der Waals surface area contributed by atoms with Crippen molar-refractivity contribution in [3.05, 3.63) is 89.5 Å². The maximum absolute atomic E-state index is 11.3. The van der Waals surface area contributed by atoms with Crippen LogP contribution >= 0.6 is 0 Å². The first kappa shape index (κ1) is 24.2. The molecule has 0 aromatic heterocycles. The monoisotopic (exact) mass is 457 g/mol. The van der Waals surface area contributed by atoms with Gasteiger partial charge in [0.2, 0.25) is 0 Å². The summed E-state index contributed by atoms with van der Waals surface area (Å²) in [5.74, 6) is 0.407. The van der Waals surface area contributed by atoms with Crippen LogP contribution in [0.4, 0.5) is 11.4 Å². The van der Waals surface area contributed by atoms with Gasteiger partial charge in [-0.1, -0.05) is 18.2 Å². The minimum Gasteiger partial charge on any atom is -0.493 e. The lowest BCUT2D eigenvalue weighted by Gasteiger charge is -2.11. The lowest BCUT2D eigenvalue weighted by atomic mass is 9.97. The van der Waals surface area contributed by atoms with Gasteiger partial charge in [-0.05, 0) is 78.1 Å². The van der Waals surface area contributed by atoms with Crippen LogP contribution in [0.1, 0.15) is 29.5 Å². The van der Waals surface area contributed by atoms with Gasteiger partial charge in [-0.2, -0.15) is 5.26 Å². The highest BCUT2D eigenvalue weighted by Crippen LogP contribution is 2.25. The molecule has 0 saturated heterocycles. The predicted molar refractivity (Wildman–Crippen MR) is 132 cm³/mol. The van der Waals surface area contributed by atoms with Gasteiger partial charge in [0.25, 0.3) is 0 Å². The molecule has 0 amide bonds. The number of ether oxygens (including phenoxy) is 2. The van der Waals surface area contributed by atoms with Crippen molar-refractivity contribution in [3.63, 3.8) is 0 Å². The average Bonchev–Trinajstić information content (AvgIpc) is 2.83. The summed E-state index contributed by atoms with van der Waals surface area (Å²) in [6.45, 7) is 0.966. The summed E-state index contributed by atoms with van der Waals surface area (Å²) in [7, 11) is 0. The number of anilines is 2. The van der Waals surface area contributed by atoms with Crippen molar-refractivity contribution in [2.75, 3.05) is 24.7 Å². The van der Waals surface area contributed by atoms with Crippen LogP contribution in [0, 0.1) is 11.3 Å². The minimum atomic E-state index is -0.997. The normalized spacial score (nSPS) is 11.0. The van der Waals surface area contributed by atoms with Crippen molar-refractivity contribution in [1.29, 1.82) is 5.26 Å². The molecule has 0 fully saturated rings. The molecule has 0 unspecified atom stereocenters. The SMILES string of the molecule is N#Cc1ccc(OCCCOc2ccc(/C(=C/C(=O)O)CCc3ccc(N)cc3N)cc2)cc1.